The van der Waals surface area contributed by atoms with E-state index in [9.17, 15) is 19.2 Å². The summed E-state index contributed by atoms with van der Waals surface area (Å²) in [5.74, 6) is -1.34. The third-order valence-electron chi connectivity index (χ3n) is 4.96. The van der Waals surface area contributed by atoms with Crippen LogP contribution in [0.3, 0.4) is 0 Å². The maximum Gasteiger partial charge on any atom is 0.344 e. The molecule has 1 aliphatic carbocycles. The zero-order valence-electron chi connectivity index (χ0n) is 16.1. The van der Waals surface area contributed by atoms with E-state index in [1.165, 1.54) is 19.3 Å². The van der Waals surface area contributed by atoms with E-state index in [4.69, 9.17) is 9.47 Å². The molecule has 4 amide bonds. The predicted octanol–water partition coefficient (Wildman–Crippen LogP) is 1.54. The van der Waals surface area contributed by atoms with Crippen molar-refractivity contribution in [2.75, 3.05) is 13.7 Å². The van der Waals surface area contributed by atoms with Crippen LogP contribution in [0.1, 0.15) is 37.7 Å². The Bertz CT molecular complexity index is 844. The van der Waals surface area contributed by atoms with Gasteiger partial charge in [0, 0.05) is 6.08 Å². The molecule has 154 valence electrons. The third-order valence-corrected chi connectivity index (χ3v) is 4.96. The minimum atomic E-state index is -0.932. The Morgan fingerprint density at radius 2 is 2.00 bits per heavy atom. The molecule has 29 heavy (non-hydrogen) atoms. The van der Waals surface area contributed by atoms with Gasteiger partial charge in [0.25, 0.3) is 11.8 Å². The number of ether oxygens (including phenoxy) is 2. The summed E-state index contributed by atoms with van der Waals surface area (Å²) >= 11 is 0. The van der Waals surface area contributed by atoms with Crippen molar-refractivity contribution >= 4 is 29.9 Å². The number of benzene rings is 1. The van der Waals surface area contributed by atoms with Crippen molar-refractivity contribution in [3.8, 4) is 5.75 Å². The monoisotopic (exact) mass is 401 g/mol. The maximum atomic E-state index is 12.6. The molecule has 0 bridgehead atoms. The van der Waals surface area contributed by atoms with Gasteiger partial charge in [-0.25, -0.2) is 9.59 Å². The molecule has 1 aromatic carbocycles. The molecule has 0 unspecified atom stereocenters. The van der Waals surface area contributed by atoms with Crippen molar-refractivity contribution in [2.24, 2.45) is 0 Å². The molecule has 2 fully saturated rings. The first-order valence-electron chi connectivity index (χ1n) is 9.39. The lowest BCUT2D eigenvalue weighted by Crippen LogP contribution is -2.51. The lowest BCUT2D eigenvalue weighted by Gasteiger charge is -2.30. The zero-order chi connectivity index (χ0) is 20.9. The second-order valence-electron chi connectivity index (χ2n) is 6.97. The number of imide groups is 1. The molecule has 9 heteroatoms. The van der Waals surface area contributed by atoms with E-state index >= 15 is 0 Å². The van der Waals surface area contributed by atoms with Crippen molar-refractivity contribution in [2.45, 2.75) is 37.6 Å². The molecule has 0 atom stereocenters. The number of carbonyl (C=O) groups is 4. The van der Waals surface area contributed by atoms with E-state index in [-0.39, 0.29) is 0 Å². The second-order valence-corrected chi connectivity index (χ2v) is 6.97. The quantitative estimate of drug-likeness (QED) is 0.425. The summed E-state index contributed by atoms with van der Waals surface area (Å²) in [6.45, 7) is -0.620. The van der Waals surface area contributed by atoms with E-state index in [0.29, 0.717) is 23.6 Å². The van der Waals surface area contributed by atoms with Gasteiger partial charge in [0.05, 0.1) is 7.11 Å². The molecular weight excluding hydrogens is 378 g/mol. The molecule has 1 saturated carbocycles. The Labute approximate surface area is 168 Å². The predicted molar refractivity (Wildman–Crippen MR) is 102 cm³/mol. The normalized spacial score (nSPS) is 18.0. The number of methoxy groups -OCH3 is 1. The fourth-order valence-corrected chi connectivity index (χ4v) is 3.47. The molecule has 1 heterocycles. The van der Waals surface area contributed by atoms with Crippen LogP contribution >= 0.6 is 0 Å². The third kappa shape index (κ3) is 4.74. The molecular formula is C20H23N3O6. The largest absolute Gasteiger partial charge is 0.497 e. The average Bonchev–Trinajstić information content (AvgIpc) is 2.95. The van der Waals surface area contributed by atoms with Crippen molar-refractivity contribution in [3.63, 3.8) is 0 Å². The number of nitrogens with one attached hydrogen (secondary N) is 2. The first kappa shape index (κ1) is 20.4. The lowest BCUT2D eigenvalue weighted by molar-refractivity contribution is -0.147. The van der Waals surface area contributed by atoms with E-state index in [1.807, 2.05) is 0 Å². The van der Waals surface area contributed by atoms with Crippen LogP contribution in [0, 0.1) is 0 Å². The maximum absolute atomic E-state index is 12.6. The van der Waals surface area contributed by atoms with Crippen LogP contribution < -0.4 is 15.5 Å². The van der Waals surface area contributed by atoms with E-state index < -0.39 is 36.0 Å². The lowest BCUT2D eigenvalue weighted by atomic mass is 9.82. The standard InChI is InChI=1S/C20H23N3O6/c1-28-15-7-5-6-14(12-15)8-9-17(25)29-13-16(24)22-23-18(26)20(21-19(23)27)10-3-2-4-11-20/h5-9,12H,2-4,10-11,13H2,1H3,(H,21,27)(H,22,24)/b9-8+. The van der Waals surface area contributed by atoms with Gasteiger partial charge in [-0.05, 0) is 36.6 Å². The number of amides is 4. The topological polar surface area (TPSA) is 114 Å². The van der Waals surface area contributed by atoms with Crippen molar-refractivity contribution < 1.29 is 28.7 Å². The summed E-state index contributed by atoms with van der Waals surface area (Å²) in [5, 5.41) is 3.35. The zero-order valence-corrected chi connectivity index (χ0v) is 16.1. The van der Waals surface area contributed by atoms with Crippen molar-refractivity contribution in [1.29, 1.82) is 0 Å². The Kier molecular flexibility index (Phi) is 6.16. The van der Waals surface area contributed by atoms with Crippen LogP contribution in [0.5, 0.6) is 5.75 Å². The molecule has 1 aromatic rings. The van der Waals surface area contributed by atoms with Gasteiger partial charge in [-0.3, -0.25) is 15.0 Å². The van der Waals surface area contributed by atoms with Crippen LogP contribution in [0.15, 0.2) is 30.3 Å². The Morgan fingerprint density at radius 3 is 2.72 bits per heavy atom. The highest BCUT2D eigenvalue weighted by molar-refractivity contribution is 6.08. The number of hydrazine groups is 1. The number of carbonyl (C=O) groups excluding carboxylic acids is 4. The van der Waals surface area contributed by atoms with E-state index in [0.717, 1.165) is 24.8 Å². The second kappa shape index (κ2) is 8.76. The van der Waals surface area contributed by atoms with Gasteiger partial charge in [-0.1, -0.05) is 31.4 Å². The minimum absolute atomic E-state index is 0.472. The molecule has 0 radical (unpaired) electrons. The van der Waals surface area contributed by atoms with Gasteiger partial charge in [0.1, 0.15) is 11.3 Å². The molecule has 3 rings (SSSR count). The van der Waals surface area contributed by atoms with Gasteiger partial charge in [0.15, 0.2) is 6.61 Å². The van der Waals surface area contributed by atoms with Crippen molar-refractivity contribution in [3.05, 3.63) is 35.9 Å². The van der Waals surface area contributed by atoms with Crippen LogP contribution in [0.4, 0.5) is 4.79 Å². The minimum Gasteiger partial charge on any atom is -0.497 e. The molecule has 1 saturated heterocycles. The van der Waals surface area contributed by atoms with Gasteiger partial charge in [-0.2, -0.15) is 5.01 Å². The van der Waals surface area contributed by atoms with Crippen molar-refractivity contribution in [1.82, 2.24) is 15.8 Å². The molecule has 2 aliphatic rings. The fourth-order valence-electron chi connectivity index (χ4n) is 3.47. The van der Waals surface area contributed by atoms with Crippen LogP contribution in [0.25, 0.3) is 6.08 Å². The smallest absolute Gasteiger partial charge is 0.344 e. The first-order valence-corrected chi connectivity index (χ1v) is 9.39. The Balaban J connectivity index is 1.49. The molecule has 9 nitrogen and oxygen atoms in total. The SMILES string of the molecule is COc1cccc(/C=C/C(=O)OCC(=O)NN2C(=O)NC3(CCCCC3)C2=O)c1. The molecule has 2 N–H and O–H groups in total. The number of hydrogen-bond donors (Lipinski definition) is 2. The Hall–Kier alpha value is -3.36. The summed E-state index contributed by atoms with van der Waals surface area (Å²) in [4.78, 5) is 48.5. The van der Waals surface area contributed by atoms with Gasteiger partial charge in [0.2, 0.25) is 0 Å². The molecule has 0 aromatic heterocycles. The highest BCUT2D eigenvalue weighted by atomic mass is 16.5. The van der Waals surface area contributed by atoms with Crippen LogP contribution in [-0.4, -0.2) is 48.1 Å². The summed E-state index contributed by atoms with van der Waals surface area (Å²) in [5.41, 5.74) is 2.00. The molecule has 1 aliphatic heterocycles. The number of rotatable bonds is 6. The Morgan fingerprint density at radius 1 is 1.24 bits per heavy atom. The highest BCUT2D eigenvalue weighted by Gasteiger charge is 2.52. The van der Waals surface area contributed by atoms with Crippen LogP contribution in [0.2, 0.25) is 0 Å². The highest BCUT2D eigenvalue weighted by Crippen LogP contribution is 2.32. The summed E-state index contributed by atoms with van der Waals surface area (Å²) in [7, 11) is 1.54. The van der Waals surface area contributed by atoms with Gasteiger partial charge < -0.3 is 14.8 Å². The summed E-state index contributed by atoms with van der Waals surface area (Å²) in [6.07, 6.45) is 6.48. The number of urea groups is 1. The van der Waals surface area contributed by atoms with E-state index in [1.54, 1.807) is 24.3 Å². The number of nitrogens with zero attached hydrogens (tertiary/aromatic N) is 1. The van der Waals surface area contributed by atoms with Gasteiger partial charge >= 0.3 is 12.0 Å². The molecule has 1 spiro atoms. The average molecular weight is 401 g/mol. The summed E-state index contributed by atoms with van der Waals surface area (Å²) in [6, 6.07) is 6.38. The van der Waals surface area contributed by atoms with Gasteiger partial charge in [-0.15, -0.1) is 0 Å². The van der Waals surface area contributed by atoms with Crippen LogP contribution in [-0.2, 0) is 19.1 Å². The summed E-state index contributed by atoms with van der Waals surface area (Å²) < 4.78 is 9.96. The number of hydrogen-bond acceptors (Lipinski definition) is 6. The first-order chi connectivity index (χ1) is 13.9. The van der Waals surface area contributed by atoms with E-state index in [2.05, 4.69) is 10.7 Å². The number of esters is 1. The fraction of sp³-hybridized carbons (Fsp3) is 0.400.